The molecule has 0 aliphatic carbocycles. The highest BCUT2D eigenvalue weighted by Crippen LogP contribution is 2.26. The number of nitrogens with one attached hydrogen (secondary N) is 1. The van der Waals surface area contributed by atoms with Gasteiger partial charge in [0.15, 0.2) is 6.10 Å². The lowest BCUT2D eigenvalue weighted by molar-refractivity contribution is -0.149. The monoisotopic (exact) mass is 341 g/mol. The predicted molar refractivity (Wildman–Crippen MR) is 90.5 cm³/mol. The number of halogens is 1. The molecule has 0 saturated heterocycles. The lowest BCUT2D eigenvalue weighted by atomic mass is 10.1. The van der Waals surface area contributed by atoms with Crippen LogP contribution in [0.25, 0.3) is 6.08 Å². The Labute approximate surface area is 144 Å². The van der Waals surface area contributed by atoms with E-state index in [1.807, 2.05) is 18.2 Å². The Bertz CT molecular complexity index is 847. The topological polar surface area (TPSA) is 64.6 Å². The molecule has 2 aromatic carbocycles. The van der Waals surface area contributed by atoms with E-state index in [0.29, 0.717) is 11.3 Å². The summed E-state index contributed by atoms with van der Waals surface area (Å²) in [4.78, 5) is 24.3. The number of hydrogen-bond donors (Lipinski definition) is 1. The average molecular weight is 341 g/mol. The van der Waals surface area contributed by atoms with Crippen LogP contribution in [0.4, 0.5) is 10.1 Å². The molecule has 0 unspecified atom stereocenters. The quantitative estimate of drug-likeness (QED) is 0.868. The number of anilines is 1. The second-order valence-electron chi connectivity index (χ2n) is 5.51. The molecule has 1 aliphatic heterocycles. The lowest BCUT2D eigenvalue weighted by Gasteiger charge is -2.19. The van der Waals surface area contributed by atoms with E-state index in [0.717, 1.165) is 5.56 Å². The first-order valence-corrected chi connectivity index (χ1v) is 7.73. The third kappa shape index (κ3) is 3.85. The summed E-state index contributed by atoms with van der Waals surface area (Å²) in [6, 6.07) is 13.1. The van der Waals surface area contributed by atoms with E-state index >= 15 is 0 Å². The van der Waals surface area contributed by atoms with E-state index in [9.17, 15) is 14.0 Å². The van der Waals surface area contributed by atoms with Crippen molar-refractivity contribution in [1.82, 2.24) is 0 Å². The molecule has 1 aliphatic rings. The maximum Gasteiger partial charge on any atom is 0.338 e. The summed E-state index contributed by atoms with van der Waals surface area (Å²) in [7, 11) is 0. The van der Waals surface area contributed by atoms with Crippen molar-refractivity contribution in [1.29, 1.82) is 0 Å². The van der Waals surface area contributed by atoms with E-state index in [-0.39, 0.29) is 12.3 Å². The minimum Gasteiger partial charge on any atom is -0.488 e. The van der Waals surface area contributed by atoms with Gasteiger partial charge in [0, 0.05) is 5.56 Å². The molecule has 1 amide bonds. The predicted octanol–water partition coefficient (Wildman–Crippen LogP) is 3.17. The number of hydrogen-bond acceptors (Lipinski definition) is 4. The molecule has 0 radical (unpaired) electrons. The van der Waals surface area contributed by atoms with Gasteiger partial charge < -0.3 is 14.8 Å². The Balaban J connectivity index is 1.64. The number of esters is 1. The second-order valence-corrected chi connectivity index (χ2v) is 5.51. The summed E-state index contributed by atoms with van der Waals surface area (Å²) in [5, 5.41) is 2.39. The van der Waals surface area contributed by atoms with E-state index in [4.69, 9.17) is 9.47 Å². The number of carbonyl (C=O) groups excluding carboxylic acids is 2. The summed E-state index contributed by atoms with van der Waals surface area (Å²) in [6.45, 7) is 1.49. The summed E-state index contributed by atoms with van der Waals surface area (Å²) < 4.78 is 24.2. The Hall–Kier alpha value is -3.15. The van der Waals surface area contributed by atoms with Gasteiger partial charge in [-0.05, 0) is 31.2 Å². The molecular weight excluding hydrogens is 325 g/mol. The lowest BCUT2D eigenvalue weighted by Crippen LogP contribution is -2.31. The molecule has 1 atom stereocenters. The molecule has 0 bridgehead atoms. The third-order valence-corrected chi connectivity index (χ3v) is 3.68. The molecule has 3 rings (SSSR count). The first kappa shape index (κ1) is 16.7. The molecule has 5 nitrogen and oxygen atoms in total. The van der Waals surface area contributed by atoms with Gasteiger partial charge in [0.25, 0.3) is 5.91 Å². The third-order valence-electron chi connectivity index (χ3n) is 3.68. The van der Waals surface area contributed by atoms with Crippen LogP contribution in [0.3, 0.4) is 0 Å². The van der Waals surface area contributed by atoms with Crippen molar-refractivity contribution < 1.29 is 23.5 Å². The van der Waals surface area contributed by atoms with Crippen LogP contribution in [0.1, 0.15) is 12.5 Å². The van der Waals surface area contributed by atoms with Crippen LogP contribution >= 0.6 is 0 Å². The minimum absolute atomic E-state index is 0.0320. The van der Waals surface area contributed by atoms with Crippen LogP contribution in [-0.2, 0) is 14.3 Å². The number of amides is 1. The van der Waals surface area contributed by atoms with Crippen molar-refractivity contribution in [3.63, 3.8) is 0 Å². The first-order chi connectivity index (χ1) is 12.0. The first-order valence-electron chi connectivity index (χ1n) is 7.73. The Morgan fingerprint density at radius 1 is 1.16 bits per heavy atom. The van der Waals surface area contributed by atoms with Crippen LogP contribution in [-0.4, -0.2) is 24.6 Å². The van der Waals surface area contributed by atoms with Gasteiger partial charge in [-0.3, -0.25) is 4.79 Å². The van der Waals surface area contributed by atoms with Crippen LogP contribution in [0.2, 0.25) is 0 Å². The van der Waals surface area contributed by atoms with Gasteiger partial charge in [-0.2, -0.15) is 0 Å². The molecule has 1 N–H and O–H groups in total. The van der Waals surface area contributed by atoms with Crippen LogP contribution in [0, 0.1) is 5.82 Å². The molecule has 128 valence electrons. The van der Waals surface area contributed by atoms with Crippen LogP contribution in [0.15, 0.2) is 54.1 Å². The fourth-order valence-electron chi connectivity index (χ4n) is 2.32. The Kier molecular flexibility index (Phi) is 4.79. The van der Waals surface area contributed by atoms with Crippen molar-refractivity contribution in [2.75, 3.05) is 11.9 Å². The minimum atomic E-state index is -1.08. The van der Waals surface area contributed by atoms with Gasteiger partial charge in [-0.15, -0.1) is 0 Å². The van der Waals surface area contributed by atoms with E-state index in [1.165, 1.54) is 25.1 Å². The van der Waals surface area contributed by atoms with Gasteiger partial charge in [0.05, 0.1) is 11.3 Å². The van der Waals surface area contributed by atoms with E-state index in [1.54, 1.807) is 18.2 Å². The standard InChI is InChI=1S/C19H16FNO4/c1-12(18(22)21-16-8-4-3-7-15(16)20)25-19(23)14-10-13-6-2-5-9-17(13)24-11-14/h2-10,12H,11H2,1H3,(H,21,22)/t12-/m0/s1. The van der Waals surface area contributed by atoms with Crippen molar-refractivity contribution >= 4 is 23.6 Å². The van der Waals surface area contributed by atoms with Crippen LogP contribution < -0.4 is 10.1 Å². The largest absolute Gasteiger partial charge is 0.488 e. The fraction of sp³-hybridized carbons (Fsp3) is 0.158. The number of ether oxygens (including phenoxy) is 2. The molecule has 0 saturated carbocycles. The molecule has 6 heteroatoms. The Morgan fingerprint density at radius 2 is 1.88 bits per heavy atom. The highest BCUT2D eigenvalue weighted by molar-refractivity contribution is 5.99. The van der Waals surface area contributed by atoms with E-state index < -0.39 is 23.8 Å². The molecule has 0 spiro atoms. The van der Waals surface area contributed by atoms with Gasteiger partial charge in [0.1, 0.15) is 18.2 Å². The molecule has 0 aromatic heterocycles. The molecule has 0 fully saturated rings. The van der Waals surface area contributed by atoms with Crippen molar-refractivity contribution in [3.8, 4) is 5.75 Å². The van der Waals surface area contributed by atoms with Crippen molar-refractivity contribution in [2.24, 2.45) is 0 Å². The zero-order valence-corrected chi connectivity index (χ0v) is 13.5. The molecule has 1 heterocycles. The van der Waals surface area contributed by atoms with Crippen molar-refractivity contribution in [3.05, 3.63) is 65.5 Å². The van der Waals surface area contributed by atoms with Gasteiger partial charge in [0.2, 0.25) is 0 Å². The highest BCUT2D eigenvalue weighted by atomic mass is 19.1. The normalized spacial score (nSPS) is 13.8. The van der Waals surface area contributed by atoms with Gasteiger partial charge in [-0.25, -0.2) is 9.18 Å². The zero-order chi connectivity index (χ0) is 17.8. The number of carbonyl (C=O) groups is 2. The molecule has 2 aromatic rings. The second kappa shape index (κ2) is 7.17. The number of fused-ring (bicyclic) bond motifs is 1. The van der Waals surface area contributed by atoms with Gasteiger partial charge in [-0.1, -0.05) is 30.3 Å². The summed E-state index contributed by atoms with van der Waals surface area (Å²) in [5.41, 5.74) is 1.11. The average Bonchev–Trinajstić information content (AvgIpc) is 2.63. The van der Waals surface area contributed by atoms with Crippen molar-refractivity contribution in [2.45, 2.75) is 13.0 Å². The Morgan fingerprint density at radius 3 is 2.68 bits per heavy atom. The van der Waals surface area contributed by atoms with Crippen LogP contribution in [0.5, 0.6) is 5.75 Å². The summed E-state index contributed by atoms with van der Waals surface area (Å²) in [5.74, 6) is -1.14. The zero-order valence-electron chi connectivity index (χ0n) is 13.5. The maximum atomic E-state index is 13.6. The summed E-state index contributed by atoms with van der Waals surface area (Å²) >= 11 is 0. The molecule has 25 heavy (non-hydrogen) atoms. The number of rotatable bonds is 4. The fourth-order valence-corrected chi connectivity index (χ4v) is 2.32. The number of para-hydroxylation sites is 2. The molecular formula is C19H16FNO4. The number of benzene rings is 2. The van der Waals surface area contributed by atoms with E-state index in [2.05, 4.69) is 5.32 Å². The summed E-state index contributed by atoms with van der Waals surface area (Å²) in [6.07, 6.45) is 0.591. The SMILES string of the molecule is C[C@H](OC(=O)C1=Cc2ccccc2OC1)C(=O)Nc1ccccc1F. The highest BCUT2D eigenvalue weighted by Gasteiger charge is 2.23. The van der Waals surface area contributed by atoms with Gasteiger partial charge >= 0.3 is 5.97 Å². The maximum absolute atomic E-state index is 13.6. The smallest absolute Gasteiger partial charge is 0.338 e.